The summed E-state index contributed by atoms with van der Waals surface area (Å²) in [6.07, 6.45) is 6.07. The number of alkyl halides is 2. The molecule has 30 heavy (non-hydrogen) atoms. The Bertz CT molecular complexity index is 866. The predicted octanol–water partition coefficient (Wildman–Crippen LogP) is 3.86. The third kappa shape index (κ3) is 4.55. The standard InChI is InChI=1S/C21H31F2N7/c1-15-7-12-30(28-15)19-26-17(24-14-20(29(2)3)8-4-9-20)13-18(27-19)25-16-5-10-21(22,23)11-6-16/h7,12-13,16H,4-6,8-11,14H2,1-3H3,(H2,24,25,26,27). The highest BCUT2D eigenvalue weighted by Gasteiger charge is 2.39. The average Bonchev–Trinajstić information content (AvgIpc) is 3.09. The summed E-state index contributed by atoms with van der Waals surface area (Å²) < 4.78 is 28.7. The summed E-state index contributed by atoms with van der Waals surface area (Å²) in [7, 11) is 4.23. The van der Waals surface area contributed by atoms with Crippen molar-refractivity contribution in [2.45, 2.75) is 69.4 Å². The fourth-order valence-corrected chi connectivity index (χ4v) is 4.24. The van der Waals surface area contributed by atoms with Gasteiger partial charge in [-0.05, 0) is 59.2 Å². The molecule has 0 aliphatic heterocycles. The van der Waals surface area contributed by atoms with Gasteiger partial charge in [-0.2, -0.15) is 15.1 Å². The molecule has 0 bridgehead atoms. The quantitative estimate of drug-likeness (QED) is 0.710. The molecule has 164 valence electrons. The van der Waals surface area contributed by atoms with Gasteiger partial charge in [-0.25, -0.2) is 13.5 Å². The van der Waals surface area contributed by atoms with Crippen molar-refractivity contribution in [1.82, 2.24) is 24.6 Å². The summed E-state index contributed by atoms with van der Waals surface area (Å²) in [5.74, 6) is -0.732. The number of aryl methyl sites for hydroxylation is 1. The van der Waals surface area contributed by atoms with E-state index in [0.717, 1.165) is 25.1 Å². The summed E-state index contributed by atoms with van der Waals surface area (Å²) >= 11 is 0. The minimum atomic E-state index is -2.54. The zero-order valence-electron chi connectivity index (χ0n) is 18.0. The van der Waals surface area contributed by atoms with Crippen molar-refractivity contribution in [1.29, 1.82) is 0 Å². The second-order valence-electron chi connectivity index (χ2n) is 8.94. The minimum Gasteiger partial charge on any atom is -0.368 e. The Hall–Kier alpha value is -2.29. The van der Waals surface area contributed by atoms with Gasteiger partial charge in [-0.15, -0.1) is 0 Å². The third-order valence-corrected chi connectivity index (χ3v) is 6.54. The van der Waals surface area contributed by atoms with Gasteiger partial charge in [0.15, 0.2) is 0 Å². The Labute approximate surface area is 176 Å². The molecule has 2 saturated carbocycles. The molecule has 0 spiro atoms. The van der Waals surface area contributed by atoms with Crippen LogP contribution < -0.4 is 10.6 Å². The van der Waals surface area contributed by atoms with Gasteiger partial charge in [0.25, 0.3) is 5.95 Å². The van der Waals surface area contributed by atoms with Crippen LogP contribution in [0.4, 0.5) is 20.4 Å². The fraction of sp³-hybridized carbons (Fsp3) is 0.667. The van der Waals surface area contributed by atoms with E-state index < -0.39 is 5.92 Å². The monoisotopic (exact) mass is 419 g/mol. The molecule has 4 rings (SSSR count). The van der Waals surface area contributed by atoms with Crippen LogP contribution in [0.1, 0.15) is 50.6 Å². The summed E-state index contributed by atoms with van der Waals surface area (Å²) in [6.45, 7) is 2.71. The van der Waals surface area contributed by atoms with Crippen LogP contribution >= 0.6 is 0 Å². The Morgan fingerprint density at radius 3 is 2.40 bits per heavy atom. The van der Waals surface area contributed by atoms with E-state index in [-0.39, 0.29) is 24.4 Å². The first kappa shape index (κ1) is 21.0. The molecule has 0 amide bonds. The van der Waals surface area contributed by atoms with E-state index in [1.165, 1.54) is 6.42 Å². The Kier molecular flexibility index (Phi) is 5.65. The highest BCUT2D eigenvalue weighted by molar-refractivity contribution is 5.50. The maximum atomic E-state index is 13.5. The van der Waals surface area contributed by atoms with Gasteiger partial charge in [0.05, 0.1) is 5.69 Å². The Balaban J connectivity index is 1.54. The first-order chi connectivity index (χ1) is 14.2. The number of rotatable bonds is 7. The molecule has 2 aliphatic rings. The highest BCUT2D eigenvalue weighted by Crippen LogP contribution is 2.36. The molecule has 0 atom stereocenters. The second-order valence-corrected chi connectivity index (χ2v) is 8.94. The molecule has 0 unspecified atom stereocenters. The molecule has 2 fully saturated rings. The van der Waals surface area contributed by atoms with E-state index in [1.54, 1.807) is 4.68 Å². The van der Waals surface area contributed by atoms with Crippen LogP contribution in [0, 0.1) is 6.92 Å². The molecule has 2 N–H and O–H groups in total. The summed E-state index contributed by atoms with van der Waals surface area (Å²) in [5.41, 5.74) is 1.03. The van der Waals surface area contributed by atoms with Crippen molar-refractivity contribution < 1.29 is 8.78 Å². The predicted molar refractivity (Wildman–Crippen MR) is 113 cm³/mol. The number of aromatic nitrogens is 4. The van der Waals surface area contributed by atoms with Gasteiger partial charge < -0.3 is 15.5 Å². The maximum Gasteiger partial charge on any atom is 0.254 e. The van der Waals surface area contributed by atoms with Crippen LogP contribution in [0.5, 0.6) is 0 Å². The lowest BCUT2D eigenvalue weighted by atomic mass is 9.75. The molecule has 0 radical (unpaired) electrons. The van der Waals surface area contributed by atoms with Crippen LogP contribution in [0.3, 0.4) is 0 Å². The number of hydrogen-bond acceptors (Lipinski definition) is 6. The van der Waals surface area contributed by atoms with Gasteiger partial charge in [0, 0.05) is 43.2 Å². The first-order valence-corrected chi connectivity index (χ1v) is 10.7. The van der Waals surface area contributed by atoms with Crippen molar-refractivity contribution in [2.24, 2.45) is 0 Å². The zero-order valence-corrected chi connectivity index (χ0v) is 18.0. The molecule has 7 nitrogen and oxygen atoms in total. The third-order valence-electron chi connectivity index (χ3n) is 6.54. The summed E-state index contributed by atoms with van der Waals surface area (Å²) in [4.78, 5) is 11.5. The SMILES string of the molecule is Cc1ccn(-c2nc(NCC3(N(C)C)CCC3)cc(NC3CCC(F)(F)CC3)n2)n1. The molecule has 2 heterocycles. The summed E-state index contributed by atoms with van der Waals surface area (Å²) in [5, 5.41) is 11.3. The fourth-order valence-electron chi connectivity index (χ4n) is 4.24. The normalized spacial score (nSPS) is 20.7. The number of nitrogens with one attached hydrogen (secondary N) is 2. The van der Waals surface area contributed by atoms with Crippen molar-refractivity contribution >= 4 is 11.6 Å². The Morgan fingerprint density at radius 1 is 1.13 bits per heavy atom. The molecule has 2 aromatic rings. The average molecular weight is 420 g/mol. The largest absolute Gasteiger partial charge is 0.368 e. The van der Waals surface area contributed by atoms with Gasteiger partial charge in [0.1, 0.15) is 11.6 Å². The van der Waals surface area contributed by atoms with Crippen molar-refractivity contribution in [2.75, 3.05) is 31.3 Å². The highest BCUT2D eigenvalue weighted by atomic mass is 19.3. The lowest BCUT2D eigenvalue weighted by Gasteiger charge is -2.47. The summed E-state index contributed by atoms with van der Waals surface area (Å²) in [6, 6.07) is 3.75. The number of anilines is 2. The lowest BCUT2D eigenvalue weighted by Crippen LogP contribution is -2.54. The lowest BCUT2D eigenvalue weighted by molar-refractivity contribution is -0.0361. The van der Waals surface area contributed by atoms with Crippen molar-refractivity contribution in [3.05, 3.63) is 24.0 Å². The van der Waals surface area contributed by atoms with Crippen LogP contribution in [0.2, 0.25) is 0 Å². The van der Waals surface area contributed by atoms with E-state index in [1.807, 2.05) is 25.3 Å². The first-order valence-electron chi connectivity index (χ1n) is 10.7. The van der Waals surface area contributed by atoms with E-state index in [0.29, 0.717) is 30.4 Å². The van der Waals surface area contributed by atoms with E-state index >= 15 is 0 Å². The van der Waals surface area contributed by atoms with Crippen molar-refractivity contribution in [3.63, 3.8) is 0 Å². The zero-order chi connectivity index (χ0) is 21.4. The van der Waals surface area contributed by atoms with Gasteiger partial charge in [0.2, 0.25) is 5.92 Å². The second kappa shape index (κ2) is 8.09. The molecule has 0 saturated heterocycles. The van der Waals surface area contributed by atoms with Crippen LogP contribution in [0.15, 0.2) is 18.3 Å². The molecular weight excluding hydrogens is 388 g/mol. The number of nitrogens with zero attached hydrogens (tertiary/aromatic N) is 5. The van der Waals surface area contributed by atoms with Crippen LogP contribution in [-0.4, -0.2) is 62.8 Å². The number of halogens is 2. The van der Waals surface area contributed by atoms with E-state index in [2.05, 4.69) is 44.7 Å². The number of likely N-dealkylation sites (N-methyl/N-ethyl adjacent to an activating group) is 1. The van der Waals surface area contributed by atoms with Gasteiger partial charge in [-0.3, -0.25) is 0 Å². The molecule has 2 aliphatic carbocycles. The maximum absolute atomic E-state index is 13.5. The van der Waals surface area contributed by atoms with E-state index in [4.69, 9.17) is 0 Å². The molecular formula is C21H31F2N7. The van der Waals surface area contributed by atoms with Gasteiger partial charge >= 0.3 is 0 Å². The molecule has 2 aromatic heterocycles. The van der Waals surface area contributed by atoms with Gasteiger partial charge in [-0.1, -0.05) is 0 Å². The van der Waals surface area contributed by atoms with E-state index in [9.17, 15) is 8.78 Å². The minimum absolute atomic E-state index is 0.0145. The molecule has 9 heteroatoms. The van der Waals surface area contributed by atoms with Crippen molar-refractivity contribution in [3.8, 4) is 5.95 Å². The smallest absolute Gasteiger partial charge is 0.254 e. The van der Waals surface area contributed by atoms with Crippen LogP contribution in [-0.2, 0) is 0 Å². The Morgan fingerprint density at radius 2 is 1.83 bits per heavy atom. The molecule has 0 aromatic carbocycles. The van der Waals surface area contributed by atoms with Crippen LogP contribution in [0.25, 0.3) is 5.95 Å². The number of hydrogen-bond donors (Lipinski definition) is 2. The topological polar surface area (TPSA) is 70.9 Å².